The van der Waals surface area contributed by atoms with Gasteiger partial charge in [0.05, 0.1) is 17.6 Å². The standard InChI is InChI=1S/C13H13N5O/c1-2-10(6-14-4-1)13-11(8-16-17-13)7-15-9-12-3-5-19-18-12/h1-6,8,15H,7,9H2,(H,16,17). The smallest absolute Gasteiger partial charge is 0.124 e. The van der Waals surface area contributed by atoms with Crippen LogP contribution in [0.15, 0.2) is 47.6 Å². The molecule has 0 spiro atoms. The second-order valence-electron chi connectivity index (χ2n) is 4.11. The quantitative estimate of drug-likeness (QED) is 0.726. The molecule has 0 bridgehead atoms. The van der Waals surface area contributed by atoms with E-state index in [1.54, 1.807) is 12.5 Å². The van der Waals surface area contributed by atoms with E-state index in [-0.39, 0.29) is 0 Å². The monoisotopic (exact) mass is 255 g/mol. The third-order valence-corrected chi connectivity index (χ3v) is 2.78. The van der Waals surface area contributed by atoms with Gasteiger partial charge in [0, 0.05) is 42.7 Å². The van der Waals surface area contributed by atoms with Gasteiger partial charge in [-0.15, -0.1) is 0 Å². The largest absolute Gasteiger partial charge is 0.364 e. The Bertz CT molecular complexity index is 618. The predicted molar refractivity (Wildman–Crippen MR) is 68.9 cm³/mol. The molecule has 0 aliphatic carbocycles. The zero-order chi connectivity index (χ0) is 12.9. The molecule has 2 N–H and O–H groups in total. The van der Waals surface area contributed by atoms with E-state index in [4.69, 9.17) is 4.52 Å². The first-order chi connectivity index (χ1) is 9.43. The van der Waals surface area contributed by atoms with Gasteiger partial charge in [-0.3, -0.25) is 10.1 Å². The summed E-state index contributed by atoms with van der Waals surface area (Å²) < 4.78 is 4.78. The second kappa shape index (κ2) is 5.45. The van der Waals surface area contributed by atoms with Crippen molar-refractivity contribution in [2.75, 3.05) is 0 Å². The molecular formula is C13H13N5O. The minimum absolute atomic E-state index is 0.661. The Hall–Kier alpha value is -2.47. The average Bonchev–Trinajstić information content (AvgIpc) is 3.11. The summed E-state index contributed by atoms with van der Waals surface area (Å²) in [5.74, 6) is 0. The minimum atomic E-state index is 0.661. The lowest BCUT2D eigenvalue weighted by Crippen LogP contribution is -2.13. The van der Waals surface area contributed by atoms with Gasteiger partial charge in [-0.1, -0.05) is 5.16 Å². The van der Waals surface area contributed by atoms with Gasteiger partial charge < -0.3 is 9.84 Å². The Morgan fingerprint density at radius 3 is 3.00 bits per heavy atom. The van der Waals surface area contributed by atoms with Crippen LogP contribution >= 0.6 is 0 Å². The topological polar surface area (TPSA) is 79.6 Å². The van der Waals surface area contributed by atoms with Gasteiger partial charge in [-0.25, -0.2) is 0 Å². The molecule has 0 unspecified atom stereocenters. The van der Waals surface area contributed by atoms with E-state index in [1.807, 2.05) is 30.6 Å². The van der Waals surface area contributed by atoms with Crippen molar-refractivity contribution < 1.29 is 4.52 Å². The molecule has 0 saturated heterocycles. The normalized spacial score (nSPS) is 10.7. The molecule has 0 fully saturated rings. The van der Waals surface area contributed by atoms with E-state index in [0.717, 1.165) is 22.5 Å². The lowest BCUT2D eigenvalue weighted by atomic mass is 10.1. The highest BCUT2D eigenvalue weighted by atomic mass is 16.5. The van der Waals surface area contributed by atoms with Crippen LogP contribution in [0.1, 0.15) is 11.3 Å². The van der Waals surface area contributed by atoms with Crippen LogP contribution in [0.4, 0.5) is 0 Å². The van der Waals surface area contributed by atoms with Crippen molar-refractivity contribution in [3.8, 4) is 11.3 Å². The number of pyridine rings is 1. The van der Waals surface area contributed by atoms with Crippen molar-refractivity contribution in [1.82, 2.24) is 25.7 Å². The molecule has 0 aromatic carbocycles. The third kappa shape index (κ3) is 2.69. The van der Waals surface area contributed by atoms with Gasteiger partial charge in [0.2, 0.25) is 0 Å². The summed E-state index contributed by atoms with van der Waals surface area (Å²) in [6.07, 6.45) is 6.95. The van der Waals surface area contributed by atoms with Crippen molar-refractivity contribution in [2.45, 2.75) is 13.1 Å². The molecule has 96 valence electrons. The number of aromatic nitrogens is 4. The van der Waals surface area contributed by atoms with Crippen molar-refractivity contribution >= 4 is 0 Å². The summed E-state index contributed by atoms with van der Waals surface area (Å²) in [6, 6.07) is 5.74. The van der Waals surface area contributed by atoms with Crippen molar-refractivity contribution in [2.24, 2.45) is 0 Å². The highest BCUT2D eigenvalue weighted by Gasteiger charge is 2.07. The van der Waals surface area contributed by atoms with E-state index in [0.29, 0.717) is 13.1 Å². The summed E-state index contributed by atoms with van der Waals surface area (Å²) >= 11 is 0. The molecule has 0 amide bonds. The molecule has 0 aliphatic rings. The summed E-state index contributed by atoms with van der Waals surface area (Å²) in [7, 11) is 0. The first-order valence-corrected chi connectivity index (χ1v) is 5.96. The van der Waals surface area contributed by atoms with Gasteiger partial charge in [-0.2, -0.15) is 5.10 Å². The highest BCUT2D eigenvalue weighted by molar-refractivity contribution is 5.61. The van der Waals surface area contributed by atoms with Crippen LogP contribution in [0.5, 0.6) is 0 Å². The van der Waals surface area contributed by atoms with Gasteiger partial charge in [0.25, 0.3) is 0 Å². The Morgan fingerprint density at radius 1 is 1.21 bits per heavy atom. The van der Waals surface area contributed by atoms with Crippen molar-refractivity contribution in [1.29, 1.82) is 0 Å². The van der Waals surface area contributed by atoms with Crippen molar-refractivity contribution in [3.63, 3.8) is 0 Å². The molecular weight excluding hydrogens is 242 g/mol. The van der Waals surface area contributed by atoms with Gasteiger partial charge in [0.15, 0.2) is 0 Å². The number of aromatic amines is 1. The third-order valence-electron chi connectivity index (χ3n) is 2.78. The molecule has 19 heavy (non-hydrogen) atoms. The van der Waals surface area contributed by atoms with Crippen LogP contribution in [-0.4, -0.2) is 20.3 Å². The number of H-pyrrole nitrogens is 1. The first kappa shape index (κ1) is 11.6. The lowest BCUT2D eigenvalue weighted by Gasteiger charge is -2.03. The Labute approximate surface area is 109 Å². The summed E-state index contributed by atoms with van der Waals surface area (Å²) in [5.41, 5.74) is 3.99. The molecule has 3 aromatic rings. The lowest BCUT2D eigenvalue weighted by molar-refractivity contribution is 0.408. The fourth-order valence-electron chi connectivity index (χ4n) is 1.86. The molecule has 0 radical (unpaired) electrons. The Balaban J connectivity index is 1.67. The van der Waals surface area contributed by atoms with Gasteiger partial charge in [-0.05, 0) is 12.1 Å². The molecule has 0 atom stereocenters. The van der Waals surface area contributed by atoms with Crippen LogP contribution in [-0.2, 0) is 13.1 Å². The number of nitrogens with one attached hydrogen (secondary N) is 2. The molecule has 3 heterocycles. The summed E-state index contributed by atoms with van der Waals surface area (Å²) in [4.78, 5) is 4.11. The van der Waals surface area contributed by atoms with E-state index >= 15 is 0 Å². The van der Waals surface area contributed by atoms with Gasteiger partial charge in [0.1, 0.15) is 6.26 Å². The summed E-state index contributed by atoms with van der Waals surface area (Å²) in [6.45, 7) is 1.36. The summed E-state index contributed by atoms with van der Waals surface area (Å²) in [5, 5.41) is 14.2. The Kier molecular flexibility index (Phi) is 3.33. The SMILES string of the molecule is c1cncc(-c2[nH]ncc2CNCc2ccon2)c1. The first-order valence-electron chi connectivity index (χ1n) is 5.96. The highest BCUT2D eigenvalue weighted by Crippen LogP contribution is 2.19. The molecule has 6 nitrogen and oxygen atoms in total. The molecule has 3 rings (SSSR count). The second-order valence-corrected chi connectivity index (χ2v) is 4.11. The van der Waals surface area contributed by atoms with Gasteiger partial charge >= 0.3 is 0 Å². The fourth-order valence-corrected chi connectivity index (χ4v) is 1.86. The zero-order valence-corrected chi connectivity index (χ0v) is 10.2. The minimum Gasteiger partial charge on any atom is -0.364 e. The average molecular weight is 255 g/mol. The van der Waals surface area contributed by atoms with E-state index in [2.05, 4.69) is 25.7 Å². The molecule has 3 aromatic heterocycles. The number of rotatable bonds is 5. The maximum Gasteiger partial charge on any atom is 0.124 e. The van der Waals surface area contributed by atoms with Crippen LogP contribution < -0.4 is 5.32 Å². The van der Waals surface area contributed by atoms with E-state index in [1.165, 1.54) is 0 Å². The number of hydrogen-bond donors (Lipinski definition) is 2. The van der Waals surface area contributed by atoms with Crippen LogP contribution in [0.25, 0.3) is 11.3 Å². The molecule has 0 saturated carbocycles. The number of hydrogen-bond acceptors (Lipinski definition) is 5. The molecule has 6 heteroatoms. The van der Waals surface area contributed by atoms with Crippen LogP contribution in [0, 0.1) is 0 Å². The maximum atomic E-state index is 4.78. The maximum absolute atomic E-state index is 4.78. The predicted octanol–water partition coefficient (Wildman–Crippen LogP) is 1.75. The van der Waals surface area contributed by atoms with Crippen molar-refractivity contribution in [3.05, 3.63) is 54.3 Å². The van der Waals surface area contributed by atoms with E-state index < -0.39 is 0 Å². The molecule has 0 aliphatic heterocycles. The van der Waals surface area contributed by atoms with E-state index in [9.17, 15) is 0 Å². The fraction of sp³-hybridized carbons (Fsp3) is 0.154. The Morgan fingerprint density at radius 2 is 2.21 bits per heavy atom. The van der Waals surface area contributed by atoms with Crippen LogP contribution in [0.3, 0.4) is 0 Å². The number of nitrogens with zero attached hydrogens (tertiary/aromatic N) is 3. The van der Waals surface area contributed by atoms with Crippen LogP contribution in [0.2, 0.25) is 0 Å². The zero-order valence-electron chi connectivity index (χ0n) is 10.2.